The number of para-hydroxylation sites is 1. The van der Waals surface area contributed by atoms with Crippen LogP contribution in [0.3, 0.4) is 0 Å². The molecule has 37 heavy (non-hydrogen) atoms. The van der Waals surface area contributed by atoms with E-state index >= 15 is 0 Å². The summed E-state index contributed by atoms with van der Waals surface area (Å²) in [7, 11) is 0. The molecule has 0 radical (unpaired) electrons. The van der Waals surface area contributed by atoms with Crippen LogP contribution in [0, 0.1) is 6.92 Å². The summed E-state index contributed by atoms with van der Waals surface area (Å²) in [5.41, 5.74) is 4.48. The summed E-state index contributed by atoms with van der Waals surface area (Å²) in [4.78, 5) is 52.4. The summed E-state index contributed by atoms with van der Waals surface area (Å²) in [6, 6.07) is 17.3. The Labute approximate surface area is 214 Å². The maximum Gasteiger partial charge on any atom is 0.414 e. The van der Waals surface area contributed by atoms with Crippen molar-refractivity contribution in [2.24, 2.45) is 0 Å². The number of carbonyl (C=O) groups excluding carboxylic acids is 2. The Morgan fingerprint density at radius 2 is 1.49 bits per heavy atom. The van der Waals surface area contributed by atoms with E-state index < -0.39 is 11.9 Å². The second-order valence-electron chi connectivity index (χ2n) is 8.52. The third-order valence-corrected chi connectivity index (χ3v) is 6.07. The fourth-order valence-corrected chi connectivity index (χ4v) is 4.12. The Kier molecular flexibility index (Phi) is 9.28. The van der Waals surface area contributed by atoms with Crippen LogP contribution < -0.4 is 5.32 Å². The van der Waals surface area contributed by atoms with E-state index in [1.807, 2.05) is 66.4 Å². The van der Waals surface area contributed by atoms with Crippen molar-refractivity contribution >= 4 is 40.3 Å². The molecular formula is C27H30N4O6. The van der Waals surface area contributed by atoms with Crippen molar-refractivity contribution in [3.05, 3.63) is 71.4 Å². The number of aliphatic carboxylic acids is 2. The summed E-state index contributed by atoms with van der Waals surface area (Å²) in [6.07, 6.45) is 0.816. The van der Waals surface area contributed by atoms with Gasteiger partial charge in [0.05, 0.1) is 17.7 Å². The number of fused-ring (bicyclic) bond motifs is 1. The zero-order valence-corrected chi connectivity index (χ0v) is 20.8. The molecule has 2 amide bonds. The monoisotopic (exact) mass is 506 g/mol. The average Bonchev–Trinajstić information content (AvgIpc) is 2.91. The van der Waals surface area contributed by atoms with Crippen molar-refractivity contribution in [1.82, 2.24) is 14.8 Å². The topological polar surface area (TPSA) is 140 Å². The van der Waals surface area contributed by atoms with Gasteiger partial charge in [-0.3, -0.25) is 19.5 Å². The van der Waals surface area contributed by atoms with Crippen LogP contribution in [0.25, 0.3) is 10.9 Å². The van der Waals surface area contributed by atoms with Gasteiger partial charge in [0.1, 0.15) is 0 Å². The Morgan fingerprint density at radius 3 is 2.08 bits per heavy atom. The maximum absolute atomic E-state index is 12.9. The van der Waals surface area contributed by atoms with Crippen LogP contribution in [-0.4, -0.2) is 81.5 Å². The van der Waals surface area contributed by atoms with Crippen LogP contribution in [0.1, 0.15) is 28.5 Å². The fourth-order valence-electron chi connectivity index (χ4n) is 4.12. The first-order chi connectivity index (χ1) is 17.7. The van der Waals surface area contributed by atoms with E-state index in [0.29, 0.717) is 38.3 Å². The van der Waals surface area contributed by atoms with Gasteiger partial charge in [0.2, 0.25) is 5.91 Å². The van der Waals surface area contributed by atoms with Crippen LogP contribution >= 0.6 is 0 Å². The third-order valence-electron chi connectivity index (χ3n) is 6.07. The highest BCUT2D eigenvalue weighted by atomic mass is 16.4. The number of aryl methyl sites for hydroxylation is 1. The lowest BCUT2D eigenvalue weighted by molar-refractivity contribution is -0.159. The molecule has 1 saturated heterocycles. The Balaban J connectivity index is 0.000000568. The molecule has 0 aliphatic carbocycles. The number of carbonyl (C=O) groups is 4. The normalized spacial score (nSPS) is 13.4. The van der Waals surface area contributed by atoms with E-state index in [9.17, 15) is 9.59 Å². The van der Waals surface area contributed by atoms with Crippen molar-refractivity contribution in [3.8, 4) is 0 Å². The SMILES string of the molecule is CCc1nc2ccccc2c(NC(=O)CN2CCN(C(=O)c3ccccc3)CC2)c1C.O=C(O)C(=O)O. The molecule has 1 aliphatic heterocycles. The fraction of sp³-hybridized carbons (Fsp3) is 0.296. The number of pyridine rings is 1. The first-order valence-corrected chi connectivity index (χ1v) is 11.9. The van der Waals surface area contributed by atoms with Crippen molar-refractivity contribution in [3.63, 3.8) is 0 Å². The summed E-state index contributed by atoms with van der Waals surface area (Å²) < 4.78 is 0. The van der Waals surface area contributed by atoms with Crippen LogP contribution in [0.2, 0.25) is 0 Å². The molecule has 2 aromatic carbocycles. The zero-order chi connectivity index (χ0) is 26.9. The second-order valence-corrected chi connectivity index (χ2v) is 8.52. The number of nitrogens with zero attached hydrogens (tertiary/aromatic N) is 3. The van der Waals surface area contributed by atoms with Gasteiger partial charge in [-0.2, -0.15) is 0 Å². The predicted molar refractivity (Wildman–Crippen MR) is 139 cm³/mol. The molecule has 3 aromatic rings. The van der Waals surface area contributed by atoms with Gasteiger partial charge in [0.15, 0.2) is 0 Å². The molecule has 0 bridgehead atoms. The summed E-state index contributed by atoms with van der Waals surface area (Å²) in [6.45, 7) is 7.01. The summed E-state index contributed by atoms with van der Waals surface area (Å²) in [5.74, 6) is -3.63. The minimum Gasteiger partial charge on any atom is -0.473 e. The lowest BCUT2D eigenvalue weighted by Gasteiger charge is -2.34. The zero-order valence-electron chi connectivity index (χ0n) is 20.8. The molecule has 2 heterocycles. The number of carboxylic acid groups (broad SMARTS) is 2. The number of nitrogens with one attached hydrogen (secondary N) is 1. The highest BCUT2D eigenvalue weighted by Gasteiger charge is 2.23. The Morgan fingerprint density at radius 1 is 0.892 bits per heavy atom. The number of rotatable bonds is 5. The molecule has 0 unspecified atom stereocenters. The van der Waals surface area contributed by atoms with Crippen LogP contribution in [-0.2, 0) is 20.8 Å². The van der Waals surface area contributed by atoms with Crippen molar-refractivity contribution in [1.29, 1.82) is 0 Å². The smallest absolute Gasteiger partial charge is 0.414 e. The number of piperazine rings is 1. The van der Waals surface area contributed by atoms with E-state index in [-0.39, 0.29) is 11.8 Å². The van der Waals surface area contributed by atoms with Gasteiger partial charge < -0.3 is 20.4 Å². The maximum atomic E-state index is 12.9. The number of amides is 2. The van der Waals surface area contributed by atoms with Gasteiger partial charge in [0, 0.05) is 42.8 Å². The van der Waals surface area contributed by atoms with E-state index in [4.69, 9.17) is 24.8 Å². The molecule has 10 heteroatoms. The molecule has 1 aliphatic rings. The van der Waals surface area contributed by atoms with Gasteiger partial charge in [-0.15, -0.1) is 0 Å². The first kappa shape index (κ1) is 27.3. The van der Waals surface area contributed by atoms with Crippen LogP contribution in [0.4, 0.5) is 5.69 Å². The quantitative estimate of drug-likeness (QED) is 0.449. The highest BCUT2D eigenvalue weighted by molar-refractivity contribution is 6.27. The second kappa shape index (κ2) is 12.6. The number of anilines is 1. The molecular weight excluding hydrogens is 476 g/mol. The minimum atomic E-state index is -1.82. The summed E-state index contributed by atoms with van der Waals surface area (Å²) >= 11 is 0. The van der Waals surface area contributed by atoms with Gasteiger partial charge in [0.25, 0.3) is 5.91 Å². The Hall–Kier alpha value is -4.31. The number of hydrogen-bond acceptors (Lipinski definition) is 6. The molecule has 194 valence electrons. The number of aromatic nitrogens is 1. The molecule has 4 rings (SSSR count). The Bertz CT molecular complexity index is 1270. The molecule has 1 fully saturated rings. The van der Waals surface area contributed by atoms with Crippen LogP contribution in [0.5, 0.6) is 0 Å². The largest absolute Gasteiger partial charge is 0.473 e. The van der Waals surface area contributed by atoms with Crippen LogP contribution in [0.15, 0.2) is 54.6 Å². The van der Waals surface area contributed by atoms with Crippen molar-refractivity contribution in [2.75, 3.05) is 38.0 Å². The van der Waals surface area contributed by atoms with E-state index in [0.717, 1.165) is 34.3 Å². The van der Waals surface area contributed by atoms with E-state index in [2.05, 4.69) is 17.1 Å². The lowest BCUT2D eigenvalue weighted by atomic mass is 10.1. The molecule has 1 aromatic heterocycles. The van der Waals surface area contributed by atoms with Gasteiger partial charge in [-0.1, -0.05) is 43.3 Å². The highest BCUT2D eigenvalue weighted by Crippen LogP contribution is 2.28. The molecule has 0 spiro atoms. The van der Waals surface area contributed by atoms with Crippen molar-refractivity contribution in [2.45, 2.75) is 20.3 Å². The first-order valence-electron chi connectivity index (χ1n) is 11.9. The summed E-state index contributed by atoms with van der Waals surface area (Å²) in [5, 5.41) is 18.9. The standard InChI is InChI=1S/C25H28N4O2.C2H2O4/c1-3-21-18(2)24(20-11-7-8-12-22(20)26-21)27-23(30)17-28-13-15-29(16-14-28)25(31)19-9-5-4-6-10-19;3-1(4)2(5)6/h4-12H,3,13-17H2,1-2H3,(H,26,27,30);(H,3,4)(H,5,6). The number of hydrogen-bond donors (Lipinski definition) is 3. The molecule has 0 saturated carbocycles. The number of carboxylic acids is 2. The predicted octanol–water partition coefficient (Wildman–Crippen LogP) is 2.66. The average molecular weight is 507 g/mol. The number of benzene rings is 2. The van der Waals surface area contributed by atoms with Gasteiger partial charge >= 0.3 is 11.9 Å². The van der Waals surface area contributed by atoms with E-state index in [1.165, 1.54) is 0 Å². The lowest BCUT2D eigenvalue weighted by Crippen LogP contribution is -2.50. The van der Waals surface area contributed by atoms with Crippen molar-refractivity contribution < 1.29 is 29.4 Å². The van der Waals surface area contributed by atoms with Gasteiger partial charge in [-0.05, 0) is 37.1 Å². The molecule has 10 nitrogen and oxygen atoms in total. The third kappa shape index (κ3) is 7.11. The van der Waals surface area contributed by atoms with E-state index in [1.54, 1.807) is 0 Å². The molecule has 0 atom stereocenters. The van der Waals surface area contributed by atoms with Gasteiger partial charge in [-0.25, -0.2) is 9.59 Å². The molecule has 3 N–H and O–H groups in total. The minimum absolute atomic E-state index is 0.0376.